The number of carbonyl (C=O) groups is 1. The first-order chi connectivity index (χ1) is 12.7. The molecule has 1 aliphatic rings. The number of nitrogens with zero attached hydrogens (tertiary/aromatic N) is 3. The zero-order valence-corrected chi connectivity index (χ0v) is 17.0. The van der Waals surface area contributed by atoms with Crippen molar-refractivity contribution in [3.63, 3.8) is 0 Å². The third-order valence-electron chi connectivity index (χ3n) is 4.93. The quantitative estimate of drug-likeness (QED) is 0.777. The first kappa shape index (κ1) is 19.8. The van der Waals surface area contributed by atoms with Crippen LogP contribution in [0.2, 0.25) is 0 Å². The first-order valence-electron chi connectivity index (χ1n) is 9.05. The number of rotatable bonds is 5. The second kappa shape index (κ2) is 7.57. The Hall–Kier alpha value is -1.97. The van der Waals surface area contributed by atoms with E-state index in [0.29, 0.717) is 49.6 Å². The number of hydrogen-bond acceptors (Lipinski definition) is 6. The van der Waals surface area contributed by atoms with Gasteiger partial charge < -0.3 is 9.51 Å². The van der Waals surface area contributed by atoms with Crippen molar-refractivity contribution in [3.05, 3.63) is 34.5 Å². The molecule has 2 aromatic rings. The molecule has 0 aromatic carbocycles. The number of aryl methyl sites for hydroxylation is 4. The summed E-state index contributed by atoms with van der Waals surface area (Å²) in [5.74, 6) is 0.362. The Bertz CT molecular complexity index is 925. The summed E-state index contributed by atoms with van der Waals surface area (Å²) in [5, 5.41) is 3.76. The smallest absolute Gasteiger partial charge is 0.248 e. The van der Waals surface area contributed by atoms with Crippen LogP contribution in [0.4, 0.5) is 0 Å². The van der Waals surface area contributed by atoms with Gasteiger partial charge in [-0.25, -0.2) is 8.42 Å². The van der Waals surface area contributed by atoms with Gasteiger partial charge in [-0.1, -0.05) is 5.16 Å². The molecule has 0 spiro atoms. The van der Waals surface area contributed by atoms with Crippen molar-refractivity contribution < 1.29 is 17.7 Å². The second-order valence-electron chi connectivity index (χ2n) is 7.10. The van der Waals surface area contributed by atoms with Crippen LogP contribution >= 0.6 is 0 Å². The number of sulfonamides is 1. The zero-order valence-electron chi connectivity index (χ0n) is 16.2. The molecule has 1 saturated heterocycles. The van der Waals surface area contributed by atoms with Crippen molar-refractivity contribution in [1.29, 1.82) is 0 Å². The lowest BCUT2D eigenvalue weighted by Gasteiger charge is -2.21. The highest BCUT2D eigenvalue weighted by molar-refractivity contribution is 7.89. The van der Waals surface area contributed by atoms with E-state index in [1.165, 1.54) is 4.31 Å². The summed E-state index contributed by atoms with van der Waals surface area (Å²) in [4.78, 5) is 17.9. The maximum Gasteiger partial charge on any atom is 0.248 e. The molecular formula is C18H26N4O4S. The summed E-state index contributed by atoms with van der Waals surface area (Å²) in [5.41, 5.74) is 2.91. The number of nitrogens with one attached hydrogen (secondary N) is 1. The maximum absolute atomic E-state index is 13.0. The van der Waals surface area contributed by atoms with Gasteiger partial charge >= 0.3 is 0 Å². The summed E-state index contributed by atoms with van der Waals surface area (Å²) < 4.78 is 32.4. The van der Waals surface area contributed by atoms with Crippen LogP contribution in [0, 0.1) is 27.7 Å². The van der Waals surface area contributed by atoms with Crippen LogP contribution in [0.15, 0.2) is 15.5 Å². The number of hydrogen-bond donors (Lipinski definition) is 1. The van der Waals surface area contributed by atoms with E-state index in [1.807, 2.05) is 24.8 Å². The molecular weight excluding hydrogens is 368 g/mol. The normalized spacial score (nSPS) is 17.2. The van der Waals surface area contributed by atoms with Gasteiger partial charge in [0.25, 0.3) is 0 Å². The fourth-order valence-electron chi connectivity index (χ4n) is 3.62. The van der Waals surface area contributed by atoms with E-state index in [9.17, 15) is 13.2 Å². The van der Waals surface area contributed by atoms with Crippen LogP contribution in [0.25, 0.3) is 0 Å². The molecule has 1 N–H and O–H groups in total. The van der Waals surface area contributed by atoms with Gasteiger partial charge in [-0.05, 0) is 46.7 Å². The van der Waals surface area contributed by atoms with Crippen LogP contribution in [0.3, 0.4) is 0 Å². The topological polar surface area (TPSA) is 99.5 Å². The molecule has 3 rings (SSSR count). The maximum atomic E-state index is 13.0. The minimum atomic E-state index is -3.65. The summed E-state index contributed by atoms with van der Waals surface area (Å²) in [6, 6.07) is 1.86. The molecule has 148 valence electrons. The largest absolute Gasteiger partial charge is 0.362 e. The lowest BCUT2D eigenvalue weighted by molar-refractivity contribution is 0.0934. The number of aromatic nitrogens is 2. The van der Waals surface area contributed by atoms with Crippen molar-refractivity contribution in [2.24, 2.45) is 0 Å². The summed E-state index contributed by atoms with van der Waals surface area (Å²) in [6.45, 7) is 9.29. The van der Waals surface area contributed by atoms with Crippen molar-refractivity contribution in [2.75, 3.05) is 32.7 Å². The van der Waals surface area contributed by atoms with Crippen LogP contribution in [0.5, 0.6) is 0 Å². The van der Waals surface area contributed by atoms with Crippen molar-refractivity contribution in [1.82, 2.24) is 19.3 Å². The molecule has 9 heteroatoms. The molecule has 0 saturated carbocycles. The van der Waals surface area contributed by atoms with Crippen LogP contribution in [0.1, 0.15) is 39.6 Å². The Morgan fingerprint density at radius 3 is 2.52 bits per heavy atom. The standard InChI is InChI=1S/C18H26N4O4S/c1-12-10-16(13(2)19-12)17(23)11-21-6-5-7-22(9-8-21)27(24,25)18-14(3)20-26-15(18)4/h10,19H,5-9,11H2,1-4H3. The Morgan fingerprint density at radius 2 is 1.93 bits per heavy atom. The van der Waals surface area contributed by atoms with E-state index in [1.54, 1.807) is 13.8 Å². The number of H-pyrrole nitrogens is 1. The van der Waals surface area contributed by atoms with Crippen molar-refractivity contribution in [2.45, 2.75) is 39.0 Å². The van der Waals surface area contributed by atoms with Crippen LogP contribution < -0.4 is 0 Å². The van der Waals surface area contributed by atoms with E-state index in [0.717, 1.165) is 11.4 Å². The van der Waals surface area contributed by atoms with Gasteiger partial charge in [0.15, 0.2) is 11.5 Å². The molecule has 0 amide bonds. The van der Waals surface area contributed by atoms with Crippen LogP contribution in [-0.2, 0) is 10.0 Å². The fraction of sp³-hybridized carbons (Fsp3) is 0.556. The minimum Gasteiger partial charge on any atom is -0.362 e. The fourth-order valence-corrected chi connectivity index (χ4v) is 5.38. The van der Waals surface area contributed by atoms with E-state index in [-0.39, 0.29) is 17.2 Å². The van der Waals surface area contributed by atoms with Gasteiger partial charge in [0, 0.05) is 36.6 Å². The summed E-state index contributed by atoms with van der Waals surface area (Å²) in [7, 11) is -3.65. The Morgan fingerprint density at radius 1 is 1.19 bits per heavy atom. The number of aromatic amines is 1. The molecule has 0 unspecified atom stereocenters. The third kappa shape index (κ3) is 3.99. The lowest BCUT2D eigenvalue weighted by atomic mass is 10.1. The second-order valence-corrected chi connectivity index (χ2v) is 8.98. The van der Waals surface area contributed by atoms with E-state index in [2.05, 4.69) is 10.1 Å². The molecule has 8 nitrogen and oxygen atoms in total. The summed E-state index contributed by atoms with van der Waals surface area (Å²) >= 11 is 0. The minimum absolute atomic E-state index is 0.0545. The van der Waals surface area contributed by atoms with E-state index < -0.39 is 10.0 Å². The van der Waals surface area contributed by atoms with E-state index >= 15 is 0 Å². The van der Waals surface area contributed by atoms with E-state index in [4.69, 9.17) is 4.52 Å². The molecule has 1 aliphatic heterocycles. The average molecular weight is 394 g/mol. The predicted molar refractivity (Wildman–Crippen MR) is 100 cm³/mol. The summed E-state index contributed by atoms with van der Waals surface area (Å²) in [6.07, 6.45) is 0.668. The lowest BCUT2D eigenvalue weighted by Crippen LogP contribution is -2.37. The average Bonchev–Trinajstić information content (AvgIpc) is 2.99. The monoisotopic (exact) mass is 394 g/mol. The number of ketones is 1. The van der Waals surface area contributed by atoms with Gasteiger partial charge in [-0.2, -0.15) is 4.31 Å². The molecule has 3 heterocycles. The highest BCUT2D eigenvalue weighted by Gasteiger charge is 2.32. The molecule has 2 aromatic heterocycles. The van der Waals surface area contributed by atoms with Gasteiger partial charge in [-0.15, -0.1) is 0 Å². The Balaban J connectivity index is 1.69. The Kier molecular flexibility index (Phi) is 5.55. The highest BCUT2D eigenvalue weighted by Crippen LogP contribution is 2.24. The van der Waals surface area contributed by atoms with Crippen molar-refractivity contribution in [3.8, 4) is 0 Å². The number of Topliss-reactive ketones (excluding diaryl/α,β-unsaturated/α-hetero) is 1. The SMILES string of the molecule is Cc1cc(C(=O)CN2CCCN(S(=O)(=O)c3c(C)noc3C)CC2)c(C)[nH]1. The Labute approximate surface area is 159 Å². The molecule has 0 bridgehead atoms. The first-order valence-corrected chi connectivity index (χ1v) is 10.5. The van der Waals surface area contributed by atoms with Gasteiger partial charge in [0.1, 0.15) is 10.6 Å². The molecule has 27 heavy (non-hydrogen) atoms. The molecule has 0 radical (unpaired) electrons. The molecule has 1 fully saturated rings. The number of carbonyl (C=O) groups excluding carboxylic acids is 1. The molecule has 0 aliphatic carbocycles. The van der Waals surface area contributed by atoms with Gasteiger partial charge in [0.2, 0.25) is 10.0 Å². The predicted octanol–water partition coefficient (Wildman–Crippen LogP) is 1.82. The van der Waals surface area contributed by atoms with Crippen LogP contribution in [-0.4, -0.2) is 66.3 Å². The van der Waals surface area contributed by atoms with Gasteiger partial charge in [0.05, 0.1) is 6.54 Å². The third-order valence-corrected chi connectivity index (χ3v) is 7.07. The zero-order chi connectivity index (χ0) is 19.8. The highest BCUT2D eigenvalue weighted by atomic mass is 32.2. The van der Waals surface area contributed by atoms with Crippen molar-refractivity contribution >= 4 is 15.8 Å². The molecule has 0 atom stereocenters. The van der Waals surface area contributed by atoms with Gasteiger partial charge in [-0.3, -0.25) is 9.69 Å².